The molecule has 21 heavy (non-hydrogen) atoms. The van der Waals surface area contributed by atoms with Crippen LogP contribution in [-0.4, -0.2) is 47.7 Å². The number of carbonyl (C=O) groups excluding carboxylic acids is 1. The van der Waals surface area contributed by atoms with Crippen molar-refractivity contribution in [2.45, 2.75) is 20.0 Å². The molecule has 0 saturated carbocycles. The van der Waals surface area contributed by atoms with Gasteiger partial charge in [-0.25, -0.2) is 5.06 Å². The van der Waals surface area contributed by atoms with Crippen molar-refractivity contribution in [2.75, 3.05) is 13.7 Å². The molecule has 0 aliphatic carbocycles. The molecule has 1 rings (SSSR count). The second-order valence-corrected chi connectivity index (χ2v) is 3.30. The number of hydrogen-bond donors (Lipinski definition) is 0. The molecule has 0 aromatic heterocycles. The van der Waals surface area contributed by atoms with Gasteiger partial charge in [-0.3, -0.25) is 9.63 Å². The summed E-state index contributed by atoms with van der Waals surface area (Å²) >= 11 is 0. The van der Waals surface area contributed by atoms with Crippen LogP contribution < -0.4 is 17.0 Å². The Morgan fingerprint density at radius 1 is 1.24 bits per heavy atom. The zero-order valence-corrected chi connectivity index (χ0v) is 15.2. The standard InChI is InChI=1S/C11H12F3NO2.C2H5.BrH.Mg/c1-3-17-15(2)10(16)8-4-6-9(7-5-8)11(12,13)14;1-2;;/h4-7H,3H2,1-2H3;1H2,2H3;1H;/q;-1;;+2/p-1. The molecule has 3 nitrogen and oxygen atoms in total. The number of rotatable bonds is 3. The van der Waals surface area contributed by atoms with Gasteiger partial charge in [-0.1, -0.05) is 0 Å². The first-order valence-electron chi connectivity index (χ1n) is 5.65. The first-order chi connectivity index (χ1) is 8.86. The van der Waals surface area contributed by atoms with Crippen LogP contribution in [0.4, 0.5) is 13.2 Å². The topological polar surface area (TPSA) is 29.5 Å². The third-order valence-electron chi connectivity index (χ3n) is 2.07. The summed E-state index contributed by atoms with van der Waals surface area (Å²) in [5.74, 6) is -0.486. The van der Waals surface area contributed by atoms with Gasteiger partial charge < -0.3 is 23.9 Å². The molecule has 1 aromatic carbocycles. The van der Waals surface area contributed by atoms with Crippen molar-refractivity contribution < 1.29 is 39.8 Å². The summed E-state index contributed by atoms with van der Waals surface area (Å²) in [6.07, 6.45) is -4.40. The third-order valence-corrected chi connectivity index (χ3v) is 2.07. The van der Waals surface area contributed by atoms with Crippen LogP contribution in [0.5, 0.6) is 0 Å². The molecule has 0 spiro atoms. The minimum atomic E-state index is -4.40. The molecule has 116 valence electrons. The molecule has 0 N–H and O–H groups in total. The van der Waals surface area contributed by atoms with Crippen molar-refractivity contribution >= 4 is 29.0 Å². The second-order valence-electron chi connectivity index (χ2n) is 3.30. The Morgan fingerprint density at radius 2 is 1.67 bits per heavy atom. The monoisotopic (exact) mass is 379 g/mol. The molecular formula is C13H17BrF3MgNO2. The van der Waals surface area contributed by atoms with E-state index in [4.69, 9.17) is 4.84 Å². The fourth-order valence-electron chi connectivity index (χ4n) is 1.24. The van der Waals surface area contributed by atoms with Gasteiger partial charge in [0.2, 0.25) is 0 Å². The van der Waals surface area contributed by atoms with E-state index >= 15 is 0 Å². The third kappa shape index (κ3) is 8.65. The van der Waals surface area contributed by atoms with Gasteiger partial charge in [0.05, 0.1) is 12.2 Å². The second kappa shape index (κ2) is 12.3. The molecule has 0 unspecified atom stereocenters. The summed E-state index contributed by atoms with van der Waals surface area (Å²) in [6, 6.07) is 3.99. The fraction of sp³-hybridized carbons (Fsp3) is 0.385. The van der Waals surface area contributed by atoms with Gasteiger partial charge in [-0.15, -0.1) is 0 Å². The van der Waals surface area contributed by atoms with Gasteiger partial charge in [0.25, 0.3) is 5.91 Å². The maximum absolute atomic E-state index is 12.3. The number of nitrogens with zero attached hydrogens (tertiary/aromatic N) is 1. The minimum Gasteiger partial charge on any atom is -1.00 e. The number of amides is 1. The van der Waals surface area contributed by atoms with E-state index in [2.05, 4.69) is 6.92 Å². The Balaban J connectivity index is -0.000000774. The molecular weight excluding hydrogens is 363 g/mol. The summed E-state index contributed by atoms with van der Waals surface area (Å²) in [7, 11) is 1.41. The van der Waals surface area contributed by atoms with Gasteiger partial charge in [0.1, 0.15) is 0 Å². The molecule has 0 aliphatic rings. The summed E-state index contributed by atoms with van der Waals surface area (Å²) in [5, 5.41) is 0.989. The van der Waals surface area contributed by atoms with E-state index in [1.807, 2.05) is 0 Å². The van der Waals surface area contributed by atoms with Gasteiger partial charge in [0, 0.05) is 12.6 Å². The van der Waals surface area contributed by atoms with Crippen molar-refractivity contribution in [3.05, 3.63) is 42.3 Å². The number of hydrogen-bond acceptors (Lipinski definition) is 2. The Labute approximate surface area is 149 Å². The molecule has 0 atom stereocenters. The predicted molar refractivity (Wildman–Crippen MR) is 71.9 cm³/mol. The largest absolute Gasteiger partial charge is 2.00 e. The molecule has 1 amide bonds. The number of hydroxylamine groups is 2. The number of carbonyl (C=O) groups is 1. The maximum Gasteiger partial charge on any atom is 2.00 e. The minimum absolute atomic E-state index is 0. The van der Waals surface area contributed by atoms with Crippen LogP contribution in [0.3, 0.4) is 0 Å². The molecule has 0 saturated heterocycles. The normalized spacial score (nSPS) is 9.48. The van der Waals surface area contributed by atoms with Crippen LogP contribution in [-0.2, 0) is 11.0 Å². The number of halogens is 4. The van der Waals surface area contributed by atoms with Gasteiger partial charge >= 0.3 is 29.2 Å². The van der Waals surface area contributed by atoms with Crippen molar-refractivity contribution in [3.8, 4) is 0 Å². The first kappa shape index (κ1) is 25.6. The van der Waals surface area contributed by atoms with E-state index in [9.17, 15) is 18.0 Å². The quantitative estimate of drug-likeness (QED) is 0.426. The molecule has 0 radical (unpaired) electrons. The maximum atomic E-state index is 12.3. The molecule has 0 heterocycles. The van der Waals surface area contributed by atoms with Crippen LogP contribution in [0.15, 0.2) is 24.3 Å². The first-order valence-corrected chi connectivity index (χ1v) is 5.65. The van der Waals surface area contributed by atoms with Crippen LogP contribution >= 0.6 is 0 Å². The SMILES string of the molecule is CCON(C)C(=O)c1ccc(C(F)(F)F)cc1.[Br-].[CH2-]C.[Mg+2]. The molecule has 8 heteroatoms. The Morgan fingerprint density at radius 3 is 2.00 bits per heavy atom. The zero-order valence-electron chi connectivity index (χ0n) is 12.2. The van der Waals surface area contributed by atoms with E-state index in [0.29, 0.717) is 6.61 Å². The Kier molecular flexibility index (Phi) is 15.0. The van der Waals surface area contributed by atoms with Crippen LogP contribution in [0.25, 0.3) is 0 Å². The summed E-state index contributed by atoms with van der Waals surface area (Å²) in [5.41, 5.74) is -0.637. The number of alkyl halides is 3. The van der Waals surface area contributed by atoms with Crippen LogP contribution in [0.2, 0.25) is 0 Å². The van der Waals surface area contributed by atoms with Gasteiger partial charge in [-0.05, 0) is 31.2 Å². The van der Waals surface area contributed by atoms with Crippen molar-refractivity contribution in [1.29, 1.82) is 0 Å². The molecule has 1 aromatic rings. The van der Waals surface area contributed by atoms with Gasteiger partial charge in [0.15, 0.2) is 0 Å². The summed E-state index contributed by atoms with van der Waals surface area (Å²) in [6.45, 7) is 7.01. The van der Waals surface area contributed by atoms with Crippen molar-refractivity contribution in [3.63, 3.8) is 0 Å². The summed E-state index contributed by atoms with van der Waals surface area (Å²) < 4.78 is 36.8. The number of benzene rings is 1. The Bertz CT molecular complexity index is 399. The van der Waals surface area contributed by atoms with E-state index in [1.54, 1.807) is 13.8 Å². The molecule has 0 bridgehead atoms. The molecule has 0 aliphatic heterocycles. The van der Waals surface area contributed by atoms with Crippen molar-refractivity contribution in [1.82, 2.24) is 5.06 Å². The zero-order chi connectivity index (χ0) is 15.1. The average molecular weight is 380 g/mol. The van der Waals surface area contributed by atoms with E-state index in [-0.39, 0.29) is 45.6 Å². The van der Waals surface area contributed by atoms with Gasteiger partial charge in [-0.2, -0.15) is 20.1 Å². The molecule has 0 fully saturated rings. The smallest absolute Gasteiger partial charge is 1.00 e. The van der Waals surface area contributed by atoms with Crippen molar-refractivity contribution in [2.24, 2.45) is 0 Å². The van der Waals surface area contributed by atoms with Crippen LogP contribution in [0.1, 0.15) is 29.8 Å². The van der Waals surface area contributed by atoms with E-state index in [1.165, 1.54) is 7.05 Å². The average Bonchev–Trinajstić information content (AvgIpc) is 2.39. The van der Waals surface area contributed by atoms with E-state index in [0.717, 1.165) is 29.3 Å². The Hall–Kier alpha value is -0.314. The fourth-order valence-corrected chi connectivity index (χ4v) is 1.24. The summed E-state index contributed by atoms with van der Waals surface area (Å²) in [4.78, 5) is 16.5. The van der Waals surface area contributed by atoms with Crippen LogP contribution in [0, 0.1) is 6.92 Å². The predicted octanol–water partition coefficient (Wildman–Crippen LogP) is 0.192. The van der Waals surface area contributed by atoms with E-state index < -0.39 is 17.6 Å².